The quantitative estimate of drug-likeness (QED) is 0.805. The third-order valence-electron chi connectivity index (χ3n) is 5.31. The molecule has 0 bridgehead atoms. The number of carbonyl (C=O) groups excluding carboxylic acids is 1. The van der Waals surface area contributed by atoms with Crippen LogP contribution in [0.4, 0.5) is 13.2 Å². The van der Waals surface area contributed by atoms with Crippen LogP contribution in [-0.4, -0.2) is 40.4 Å². The Morgan fingerprint density at radius 3 is 2.69 bits per heavy atom. The highest BCUT2D eigenvalue weighted by Gasteiger charge is 2.39. The number of amides is 1. The summed E-state index contributed by atoms with van der Waals surface area (Å²) in [5.74, 6) is -4.83. The second-order valence-electron chi connectivity index (χ2n) is 7.14. The van der Waals surface area contributed by atoms with E-state index in [1.54, 1.807) is 4.57 Å². The molecule has 2 aliphatic rings. The lowest BCUT2D eigenvalue weighted by molar-refractivity contribution is -0.0428. The van der Waals surface area contributed by atoms with Crippen LogP contribution in [0.3, 0.4) is 0 Å². The third kappa shape index (κ3) is 3.28. The summed E-state index contributed by atoms with van der Waals surface area (Å²) < 4.78 is 47.9. The largest absolute Gasteiger partial charge is 0.503 e. The lowest BCUT2D eigenvalue weighted by Crippen LogP contribution is -2.44. The van der Waals surface area contributed by atoms with E-state index < -0.39 is 46.6 Å². The number of likely N-dealkylation sites (N-methyl/N-ethyl adjacent to an activating group) is 1. The predicted molar refractivity (Wildman–Crippen MR) is 94.7 cm³/mol. The van der Waals surface area contributed by atoms with Crippen molar-refractivity contribution in [2.75, 3.05) is 13.7 Å². The zero-order valence-electron chi connectivity index (χ0n) is 15.4. The molecule has 1 amide bonds. The van der Waals surface area contributed by atoms with Crippen molar-refractivity contribution in [1.82, 2.24) is 14.8 Å². The van der Waals surface area contributed by atoms with Crippen LogP contribution in [0.25, 0.3) is 0 Å². The highest BCUT2D eigenvalue weighted by atomic mass is 19.1. The molecule has 10 heteroatoms. The van der Waals surface area contributed by atoms with E-state index in [4.69, 9.17) is 4.74 Å². The fourth-order valence-electron chi connectivity index (χ4n) is 3.86. The van der Waals surface area contributed by atoms with E-state index in [0.717, 1.165) is 0 Å². The van der Waals surface area contributed by atoms with Crippen molar-refractivity contribution in [3.05, 3.63) is 62.8 Å². The molecule has 1 aromatic heterocycles. The molecule has 1 saturated heterocycles. The maximum Gasteiger partial charge on any atom is 0.257 e. The van der Waals surface area contributed by atoms with Crippen LogP contribution in [0, 0.1) is 17.5 Å². The fourth-order valence-corrected chi connectivity index (χ4v) is 3.86. The number of benzene rings is 1. The molecule has 0 radical (unpaired) electrons. The third-order valence-corrected chi connectivity index (χ3v) is 5.31. The van der Waals surface area contributed by atoms with Gasteiger partial charge in [0.25, 0.3) is 5.91 Å². The molecule has 0 aliphatic carbocycles. The van der Waals surface area contributed by atoms with Crippen molar-refractivity contribution in [2.24, 2.45) is 0 Å². The van der Waals surface area contributed by atoms with Gasteiger partial charge in [-0.2, -0.15) is 0 Å². The standard InChI is InChI=1S/C19H18F3N3O4/c1-24-8-15-17(27)16(26)11(7-25(15)14-2-3-29-19(14)24)18(28)23-6-10-12(21)4-9(20)5-13(10)22/h4-5,7,14,19,27H,2-3,6,8H2,1H3,(H,23,28)/t14-,19+/m1/s1. The lowest BCUT2D eigenvalue weighted by Gasteiger charge is -2.37. The highest BCUT2D eigenvalue weighted by Crippen LogP contribution is 2.36. The number of nitrogens with zero attached hydrogens (tertiary/aromatic N) is 2. The zero-order chi connectivity index (χ0) is 20.9. The molecular weight excluding hydrogens is 391 g/mol. The summed E-state index contributed by atoms with van der Waals surface area (Å²) in [6.07, 6.45) is 1.73. The van der Waals surface area contributed by atoms with Crippen molar-refractivity contribution in [3.63, 3.8) is 0 Å². The Labute approximate surface area is 163 Å². The molecule has 2 aromatic rings. The van der Waals surface area contributed by atoms with Gasteiger partial charge in [0.1, 0.15) is 29.2 Å². The summed E-state index contributed by atoms with van der Waals surface area (Å²) in [4.78, 5) is 26.9. The topological polar surface area (TPSA) is 83.8 Å². The van der Waals surface area contributed by atoms with Crippen molar-refractivity contribution in [1.29, 1.82) is 0 Å². The Kier molecular flexibility index (Phi) is 4.83. The molecular formula is C19H18F3N3O4. The van der Waals surface area contributed by atoms with E-state index in [1.807, 2.05) is 11.9 Å². The van der Waals surface area contributed by atoms with Crippen molar-refractivity contribution in [2.45, 2.75) is 31.8 Å². The van der Waals surface area contributed by atoms with Crippen LogP contribution in [0.15, 0.2) is 23.1 Å². The number of rotatable bonds is 3. The molecule has 2 N–H and O–H groups in total. The van der Waals surface area contributed by atoms with E-state index in [-0.39, 0.29) is 24.4 Å². The molecule has 0 unspecified atom stereocenters. The van der Waals surface area contributed by atoms with Crippen molar-refractivity contribution in [3.8, 4) is 5.75 Å². The minimum atomic E-state index is -1.15. The van der Waals surface area contributed by atoms with Gasteiger partial charge in [0.05, 0.1) is 18.3 Å². The minimum absolute atomic E-state index is 0.186. The molecule has 154 valence electrons. The number of aromatic nitrogens is 1. The first kappa shape index (κ1) is 19.5. The molecule has 3 heterocycles. The van der Waals surface area contributed by atoms with Gasteiger partial charge in [0.15, 0.2) is 5.75 Å². The Bertz CT molecular complexity index is 1030. The van der Waals surface area contributed by atoms with Gasteiger partial charge in [-0.1, -0.05) is 0 Å². The predicted octanol–water partition coefficient (Wildman–Crippen LogP) is 1.63. The maximum atomic E-state index is 13.8. The van der Waals surface area contributed by atoms with Crippen molar-refractivity contribution < 1.29 is 27.8 Å². The number of ether oxygens (including phenoxy) is 1. The molecule has 0 saturated carbocycles. The lowest BCUT2D eigenvalue weighted by atomic mass is 10.1. The first-order valence-corrected chi connectivity index (χ1v) is 8.98. The van der Waals surface area contributed by atoms with Crippen LogP contribution >= 0.6 is 0 Å². The number of hydrogen-bond donors (Lipinski definition) is 2. The van der Waals surface area contributed by atoms with Crippen molar-refractivity contribution >= 4 is 5.91 Å². The second kappa shape index (κ2) is 7.20. The zero-order valence-corrected chi connectivity index (χ0v) is 15.4. The monoisotopic (exact) mass is 409 g/mol. The number of carbonyl (C=O) groups is 1. The summed E-state index contributed by atoms with van der Waals surface area (Å²) in [7, 11) is 1.81. The van der Waals surface area contributed by atoms with Crippen LogP contribution in [0.2, 0.25) is 0 Å². The molecule has 2 atom stereocenters. The first-order valence-electron chi connectivity index (χ1n) is 8.98. The first-order chi connectivity index (χ1) is 13.8. The second-order valence-corrected chi connectivity index (χ2v) is 7.14. The van der Waals surface area contributed by atoms with Crippen LogP contribution < -0.4 is 10.7 Å². The number of pyridine rings is 1. The molecule has 29 heavy (non-hydrogen) atoms. The molecule has 1 aromatic carbocycles. The smallest absolute Gasteiger partial charge is 0.257 e. The Morgan fingerprint density at radius 1 is 1.31 bits per heavy atom. The van der Waals surface area contributed by atoms with Gasteiger partial charge in [0, 0.05) is 37.0 Å². The van der Waals surface area contributed by atoms with E-state index in [1.165, 1.54) is 6.20 Å². The summed E-state index contributed by atoms with van der Waals surface area (Å²) >= 11 is 0. The van der Waals surface area contributed by atoms with Crippen LogP contribution in [0.5, 0.6) is 5.75 Å². The van der Waals surface area contributed by atoms with Gasteiger partial charge in [0.2, 0.25) is 5.43 Å². The van der Waals surface area contributed by atoms with E-state index in [9.17, 15) is 27.9 Å². The van der Waals surface area contributed by atoms with Gasteiger partial charge in [-0.25, -0.2) is 13.2 Å². The number of nitrogens with one attached hydrogen (secondary N) is 1. The number of hydrogen-bond acceptors (Lipinski definition) is 5. The van der Waals surface area contributed by atoms with Gasteiger partial charge < -0.3 is 19.7 Å². The highest BCUT2D eigenvalue weighted by molar-refractivity contribution is 5.94. The average molecular weight is 409 g/mol. The van der Waals surface area contributed by atoms with Gasteiger partial charge in [-0.3, -0.25) is 14.5 Å². The molecule has 7 nitrogen and oxygen atoms in total. The molecule has 0 spiro atoms. The summed E-state index contributed by atoms with van der Waals surface area (Å²) in [6, 6.07) is 0.815. The van der Waals surface area contributed by atoms with Gasteiger partial charge >= 0.3 is 0 Å². The van der Waals surface area contributed by atoms with Crippen LogP contribution in [-0.2, 0) is 17.8 Å². The summed E-state index contributed by atoms with van der Waals surface area (Å²) in [6.45, 7) is 0.170. The number of halogens is 3. The Balaban J connectivity index is 1.64. The SMILES string of the molecule is CN1Cc2c(O)c(=O)c(C(=O)NCc3c(F)cc(F)cc3F)cn2[C@@H]2CCO[C@@H]21. The van der Waals surface area contributed by atoms with E-state index >= 15 is 0 Å². The number of fused-ring (bicyclic) bond motifs is 3. The fraction of sp³-hybridized carbons (Fsp3) is 0.368. The average Bonchev–Trinajstić information content (AvgIpc) is 3.15. The molecule has 4 rings (SSSR count). The minimum Gasteiger partial charge on any atom is -0.503 e. The maximum absolute atomic E-state index is 13.8. The van der Waals surface area contributed by atoms with E-state index in [2.05, 4.69) is 5.32 Å². The summed E-state index contributed by atoms with van der Waals surface area (Å²) in [5.41, 5.74) is -1.40. The Morgan fingerprint density at radius 2 is 2.00 bits per heavy atom. The van der Waals surface area contributed by atoms with Crippen LogP contribution in [0.1, 0.15) is 34.1 Å². The van der Waals surface area contributed by atoms with Gasteiger partial charge in [-0.05, 0) is 13.5 Å². The number of aromatic hydroxyl groups is 1. The molecule has 1 fully saturated rings. The molecule has 2 aliphatic heterocycles. The summed E-state index contributed by atoms with van der Waals surface area (Å²) in [5, 5.41) is 12.6. The van der Waals surface area contributed by atoms with E-state index in [0.29, 0.717) is 30.9 Å². The van der Waals surface area contributed by atoms with Gasteiger partial charge in [-0.15, -0.1) is 0 Å². The normalized spacial score (nSPS) is 21.0. The Hall–Kier alpha value is -2.85.